The monoisotopic (exact) mass is 305 g/mol. The summed E-state index contributed by atoms with van der Waals surface area (Å²) in [6.07, 6.45) is -0.189. The van der Waals surface area contributed by atoms with Crippen molar-refractivity contribution in [3.8, 4) is 17.6 Å². The molecule has 22 heavy (non-hydrogen) atoms. The normalized spacial score (nSPS) is 9.45. The van der Waals surface area contributed by atoms with E-state index in [4.69, 9.17) is 14.7 Å². The number of hydrogen-bond acceptors (Lipinski definition) is 5. The van der Waals surface area contributed by atoms with Crippen LogP contribution in [0.2, 0.25) is 0 Å². The zero-order chi connectivity index (χ0) is 16.2. The van der Waals surface area contributed by atoms with Crippen molar-refractivity contribution in [3.63, 3.8) is 0 Å². The summed E-state index contributed by atoms with van der Waals surface area (Å²) in [6, 6.07) is 8.84. The van der Waals surface area contributed by atoms with Crippen molar-refractivity contribution in [1.82, 2.24) is 10.6 Å². The van der Waals surface area contributed by atoms with Crippen LogP contribution in [0.15, 0.2) is 24.3 Å². The molecule has 0 unspecified atom stereocenters. The smallest absolute Gasteiger partial charge is 0.258 e. The Kier molecular flexibility index (Phi) is 7.90. The minimum Gasteiger partial charge on any atom is -0.490 e. The fraction of sp³-hybridized carbons (Fsp3) is 0.400. The number of carbonyl (C=O) groups excluding carboxylic acids is 2. The summed E-state index contributed by atoms with van der Waals surface area (Å²) in [5.41, 5.74) is 0. The number of carbonyl (C=O) groups is 2. The molecule has 0 aliphatic rings. The summed E-state index contributed by atoms with van der Waals surface area (Å²) in [5, 5.41) is 13.4. The fourth-order valence-electron chi connectivity index (χ4n) is 1.58. The Hall–Kier alpha value is -2.75. The third-order valence-corrected chi connectivity index (χ3v) is 2.52. The van der Waals surface area contributed by atoms with E-state index in [1.165, 1.54) is 0 Å². The van der Waals surface area contributed by atoms with Crippen LogP contribution in [0.1, 0.15) is 13.3 Å². The van der Waals surface area contributed by atoms with Gasteiger partial charge in [0.2, 0.25) is 5.91 Å². The molecule has 0 bridgehead atoms. The zero-order valence-corrected chi connectivity index (χ0v) is 12.4. The van der Waals surface area contributed by atoms with Crippen LogP contribution in [0, 0.1) is 11.3 Å². The van der Waals surface area contributed by atoms with E-state index in [1.54, 1.807) is 24.3 Å². The van der Waals surface area contributed by atoms with Gasteiger partial charge in [0.05, 0.1) is 12.7 Å². The standard InChI is InChI=1S/C15H19N3O4/c1-2-21-12-5-3-4-6-13(12)22-11-15(20)18-10-9-17-14(19)7-8-16/h3-6H,2,7,9-11H2,1H3,(H,17,19)(H,18,20). The number of nitriles is 1. The summed E-state index contributed by atoms with van der Waals surface area (Å²) in [4.78, 5) is 22.6. The highest BCUT2D eigenvalue weighted by Gasteiger charge is 2.07. The first-order chi connectivity index (χ1) is 10.7. The predicted octanol–water partition coefficient (Wildman–Crippen LogP) is 0.610. The van der Waals surface area contributed by atoms with Gasteiger partial charge in [0.1, 0.15) is 6.42 Å². The Morgan fingerprint density at radius 2 is 1.68 bits per heavy atom. The maximum Gasteiger partial charge on any atom is 0.258 e. The first-order valence-corrected chi connectivity index (χ1v) is 6.92. The first kappa shape index (κ1) is 17.3. The van der Waals surface area contributed by atoms with E-state index in [1.807, 2.05) is 13.0 Å². The average molecular weight is 305 g/mol. The van der Waals surface area contributed by atoms with Crippen molar-refractivity contribution in [2.45, 2.75) is 13.3 Å². The second kappa shape index (κ2) is 10.0. The van der Waals surface area contributed by atoms with Gasteiger partial charge in [0.25, 0.3) is 5.91 Å². The summed E-state index contributed by atoms with van der Waals surface area (Å²) in [6.45, 7) is 2.77. The van der Waals surface area contributed by atoms with E-state index in [-0.39, 0.29) is 37.9 Å². The van der Waals surface area contributed by atoms with Gasteiger partial charge in [-0.15, -0.1) is 0 Å². The Balaban J connectivity index is 2.26. The van der Waals surface area contributed by atoms with E-state index in [9.17, 15) is 9.59 Å². The van der Waals surface area contributed by atoms with Crippen molar-refractivity contribution in [3.05, 3.63) is 24.3 Å². The quantitative estimate of drug-likeness (QED) is 0.651. The highest BCUT2D eigenvalue weighted by atomic mass is 16.5. The predicted molar refractivity (Wildman–Crippen MR) is 79.4 cm³/mol. The molecule has 0 aliphatic heterocycles. The zero-order valence-electron chi connectivity index (χ0n) is 12.4. The Bertz CT molecular complexity index is 540. The molecule has 0 heterocycles. The molecule has 1 rings (SSSR count). The molecule has 118 valence electrons. The number of rotatable bonds is 9. The topological polar surface area (TPSA) is 100 Å². The second-order valence-corrected chi connectivity index (χ2v) is 4.20. The van der Waals surface area contributed by atoms with Crippen LogP contribution in [0.3, 0.4) is 0 Å². The first-order valence-electron chi connectivity index (χ1n) is 6.92. The van der Waals surface area contributed by atoms with Gasteiger partial charge < -0.3 is 20.1 Å². The molecule has 0 radical (unpaired) electrons. The van der Waals surface area contributed by atoms with Crippen molar-refractivity contribution in [1.29, 1.82) is 5.26 Å². The molecule has 0 atom stereocenters. The molecular weight excluding hydrogens is 286 g/mol. The molecule has 0 saturated carbocycles. The summed E-state index contributed by atoms with van der Waals surface area (Å²) >= 11 is 0. The van der Waals surface area contributed by atoms with Crippen LogP contribution < -0.4 is 20.1 Å². The minimum atomic E-state index is -0.362. The number of hydrogen-bond donors (Lipinski definition) is 2. The maximum atomic E-state index is 11.6. The van der Waals surface area contributed by atoms with Crippen LogP contribution >= 0.6 is 0 Å². The number of para-hydroxylation sites is 2. The van der Waals surface area contributed by atoms with Crippen LogP contribution in [0.5, 0.6) is 11.5 Å². The largest absolute Gasteiger partial charge is 0.490 e. The Morgan fingerprint density at radius 3 is 2.27 bits per heavy atom. The van der Waals surface area contributed by atoms with Crippen molar-refractivity contribution in [2.75, 3.05) is 26.3 Å². The molecule has 1 aromatic rings. The van der Waals surface area contributed by atoms with Gasteiger partial charge in [-0.1, -0.05) is 12.1 Å². The number of nitrogens with one attached hydrogen (secondary N) is 2. The van der Waals surface area contributed by atoms with Gasteiger partial charge in [-0.25, -0.2) is 0 Å². The molecule has 2 N–H and O–H groups in total. The Labute approximate surface area is 129 Å². The molecule has 7 nitrogen and oxygen atoms in total. The third-order valence-electron chi connectivity index (χ3n) is 2.52. The van der Waals surface area contributed by atoms with Crippen LogP contribution in [0.25, 0.3) is 0 Å². The highest BCUT2D eigenvalue weighted by Crippen LogP contribution is 2.26. The molecule has 1 aromatic carbocycles. The highest BCUT2D eigenvalue weighted by molar-refractivity contribution is 5.79. The SMILES string of the molecule is CCOc1ccccc1OCC(=O)NCCNC(=O)CC#N. The molecular formula is C15H19N3O4. The molecule has 0 saturated heterocycles. The molecule has 2 amide bonds. The van der Waals surface area contributed by atoms with Crippen molar-refractivity contribution >= 4 is 11.8 Å². The van der Waals surface area contributed by atoms with Crippen LogP contribution in [-0.2, 0) is 9.59 Å². The lowest BCUT2D eigenvalue weighted by Gasteiger charge is -2.11. The van der Waals surface area contributed by atoms with Gasteiger partial charge in [-0.3, -0.25) is 9.59 Å². The second-order valence-electron chi connectivity index (χ2n) is 4.20. The van der Waals surface area contributed by atoms with Gasteiger partial charge >= 0.3 is 0 Å². The van der Waals surface area contributed by atoms with E-state index in [0.717, 1.165) is 0 Å². The van der Waals surface area contributed by atoms with Gasteiger partial charge in [-0.05, 0) is 19.1 Å². The van der Waals surface area contributed by atoms with Crippen LogP contribution in [0.4, 0.5) is 0 Å². The lowest BCUT2D eigenvalue weighted by molar-refractivity contribution is -0.123. The van der Waals surface area contributed by atoms with Gasteiger partial charge in [0.15, 0.2) is 18.1 Å². The lowest BCUT2D eigenvalue weighted by atomic mass is 10.3. The molecule has 7 heteroatoms. The van der Waals surface area contributed by atoms with Crippen LogP contribution in [-0.4, -0.2) is 38.1 Å². The summed E-state index contributed by atoms with van der Waals surface area (Å²) in [5.74, 6) is 0.419. The lowest BCUT2D eigenvalue weighted by Crippen LogP contribution is -2.36. The average Bonchev–Trinajstić information content (AvgIpc) is 2.51. The molecule has 0 aromatic heterocycles. The van der Waals surface area contributed by atoms with Crippen molar-refractivity contribution < 1.29 is 19.1 Å². The third kappa shape index (κ3) is 6.61. The fourth-order valence-corrected chi connectivity index (χ4v) is 1.58. The number of benzene rings is 1. The van der Waals surface area contributed by atoms with E-state index in [0.29, 0.717) is 18.1 Å². The number of nitrogens with zero attached hydrogens (tertiary/aromatic N) is 1. The summed E-state index contributed by atoms with van der Waals surface area (Å²) < 4.78 is 10.8. The number of ether oxygens (including phenoxy) is 2. The van der Waals surface area contributed by atoms with E-state index >= 15 is 0 Å². The Morgan fingerprint density at radius 1 is 1.09 bits per heavy atom. The van der Waals surface area contributed by atoms with E-state index in [2.05, 4.69) is 10.6 Å². The maximum absolute atomic E-state index is 11.6. The number of amides is 2. The van der Waals surface area contributed by atoms with Gasteiger partial charge in [0, 0.05) is 13.1 Å². The molecule has 0 fully saturated rings. The molecule has 0 aliphatic carbocycles. The van der Waals surface area contributed by atoms with Crippen molar-refractivity contribution in [2.24, 2.45) is 0 Å². The minimum absolute atomic E-state index is 0.143. The van der Waals surface area contributed by atoms with E-state index < -0.39 is 0 Å². The molecule has 0 spiro atoms. The van der Waals surface area contributed by atoms with Gasteiger partial charge in [-0.2, -0.15) is 5.26 Å². The summed E-state index contributed by atoms with van der Waals surface area (Å²) in [7, 11) is 0.